The van der Waals surface area contributed by atoms with E-state index in [-0.39, 0.29) is 5.97 Å². The Labute approximate surface area is 103 Å². The van der Waals surface area contributed by atoms with Gasteiger partial charge in [0, 0.05) is 10.2 Å². The van der Waals surface area contributed by atoms with E-state index in [0.29, 0.717) is 6.61 Å². The highest BCUT2D eigenvalue weighted by Crippen LogP contribution is 2.40. The molecule has 0 saturated heterocycles. The number of rotatable bonds is 4. The van der Waals surface area contributed by atoms with Crippen molar-refractivity contribution in [1.29, 1.82) is 0 Å². The van der Waals surface area contributed by atoms with Crippen LogP contribution < -0.4 is 5.32 Å². The van der Waals surface area contributed by atoms with Crippen molar-refractivity contribution in [3.63, 3.8) is 0 Å². The first-order valence-electron chi connectivity index (χ1n) is 5.37. The zero-order valence-electron chi connectivity index (χ0n) is 9.13. The number of carbonyl (C=O) groups is 1. The van der Waals surface area contributed by atoms with Crippen molar-refractivity contribution in [2.24, 2.45) is 0 Å². The predicted molar refractivity (Wildman–Crippen MR) is 66.4 cm³/mol. The molecule has 1 N–H and O–H groups in total. The molecule has 0 spiro atoms. The van der Waals surface area contributed by atoms with E-state index >= 15 is 0 Å². The minimum Gasteiger partial charge on any atom is -0.464 e. The number of hydrogen-bond donors (Lipinski definition) is 1. The van der Waals surface area contributed by atoms with Gasteiger partial charge in [-0.25, -0.2) is 4.79 Å². The number of hydrogen-bond acceptors (Lipinski definition) is 3. The van der Waals surface area contributed by atoms with Crippen LogP contribution in [0.1, 0.15) is 19.8 Å². The van der Waals surface area contributed by atoms with Gasteiger partial charge >= 0.3 is 5.97 Å². The Kier molecular flexibility index (Phi) is 3.19. The monoisotopic (exact) mass is 283 g/mol. The van der Waals surface area contributed by atoms with Crippen LogP contribution in [0.3, 0.4) is 0 Å². The fourth-order valence-corrected chi connectivity index (χ4v) is 2.02. The molecule has 4 heteroatoms. The highest BCUT2D eigenvalue weighted by Gasteiger charge is 2.51. The Morgan fingerprint density at radius 1 is 1.56 bits per heavy atom. The highest BCUT2D eigenvalue weighted by atomic mass is 79.9. The standard InChI is InChI=1S/C12H14BrNO2/c1-2-16-11(15)12(6-7-12)14-10-5-3-4-9(13)8-10/h3-5,8,14H,2,6-7H2,1H3. The number of carbonyl (C=O) groups excluding carboxylic acids is 1. The van der Waals surface area contributed by atoms with Crippen molar-refractivity contribution in [2.75, 3.05) is 11.9 Å². The van der Waals surface area contributed by atoms with Crippen LogP contribution in [-0.4, -0.2) is 18.1 Å². The van der Waals surface area contributed by atoms with Crippen molar-refractivity contribution in [3.05, 3.63) is 28.7 Å². The van der Waals surface area contributed by atoms with Crippen molar-refractivity contribution >= 4 is 27.6 Å². The van der Waals surface area contributed by atoms with Crippen molar-refractivity contribution < 1.29 is 9.53 Å². The van der Waals surface area contributed by atoms with E-state index in [1.54, 1.807) is 0 Å². The van der Waals surface area contributed by atoms with Crippen LogP contribution in [0, 0.1) is 0 Å². The van der Waals surface area contributed by atoms with Gasteiger partial charge < -0.3 is 10.1 Å². The first-order chi connectivity index (χ1) is 7.66. The van der Waals surface area contributed by atoms with Gasteiger partial charge in [0.1, 0.15) is 5.54 Å². The topological polar surface area (TPSA) is 38.3 Å². The quantitative estimate of drug-likeness (QED) is 0.864. The molecule has 16 heavy (non-hydrogen) atoms. The van der Waals surface area contributed by atoms with E-state index in [1.807, 2.05) is 31.2 Å². The first kappa shape index (κ1) is 11.5. The molecule has 0 bridgehead atoms. The van der Waals surface area contributed by atoms with Gasteiger partial charge in [-0.15, -0.1) is 0 Å². The third-order valence-electron chi connectivity index (χ3n) is 2.62. The average Bonchev–Trinajstić information content (AvgIpc) is 2.99. The molecule has 1 aliphatic rings. The Bertz CT molecular complexity index is 402. The molecule has 86 valence electrons. The molecule has 1 aliphatic carbocycles. The number of benzene rings is 1. The van der Waals surface area contributed by atoms with Gasteiger partial charge in [0.2, 0.25) is 0 Å². The van der Waals surface area contributed by atoms with Gasteiger partial charge in [-0.2, -0.15) is 0 Å². The third kappa shape index (κ3) is 2.38. The summed E-state index contributed by atoms with van der Waals surface area (Å²) in [4.78, 5) is 11.7. The van der Waals surface area contributed by atoms with Gasteiger partial charge in [0.05, 0.1) is 6.61 Å². The highest BCUT2D eigenvalue weighted by molar-refractivity contribution is 9.10. The van der Waals surface area contributed by atoms with E-state index in [9.17, 15) is 4.79 Å². The zero-order chi connectivity index (χ0) is 11.6. The molecular formula is C12H14BrNO2. The fourth-order valence-electron chi connectivity index (χ4n) is 1.62. The SMILES string of the molecule is CCOC(=O)C1(Nc2cccc(Br)c2)CC1. The fraction of sp³-hybridized carbons (Fsp3) is 0.417. The Morgan fingerprint density at radius 2 is 2.31 bits per heavy atom. The number of esters is 1. The molecule has 3 nitrogen and oxygen atoms in total. The number of nitrogens with one attached hydrogen (secondary N) is 1. The van der Waals surface area contributed by atoms with E-state index in [0.717, 1.165) is 23.0 Å². The Balaban J connectivity index is 2.07. The van der Waals surface area contributed by atoms with Gasteiger partial charge in [-0.1, -0.05) is 22.0 Å². The molecule has 0 atom stereocenters. The summed E-state index contributed by atoms with van der Waals surface area (Å²) >= 11 is 3.40. The van der Waals surface area contributed by atoms with E-state index < -0.39 is 5.54 Å². The van der Waals surface area contributed by atoms with Crippen LogP contribution in [0.5, 0.6) is 0 Å². The minimum absolute atomic E-state index is 0.144. The first-order valence-corrected chi connectivity index (χ1v) is 6.16. The van der Waals surface area contributed by atoms with Gasteiger partial charge in [0.15, 0.2) is 0 Å². The van der Waals surface area contributed by atoms with Gasteiger partial charge in [-0.3, -0.25) is 0 Å². The molecule has 1 aromatic carbocycles. The molecule has 0 heterocycles. The van der Waals surface area contributed by atoms with Crippen molar-refractivity contribution in [2.45, 2.75) is 25.3 Å². The molecule has 0 aromatic heterocycles. The maximum Gasteiger partial charge on any atom is 0.331 e. The number of anilines is 1. The summed E-state index contributed by atoms with van der Waals surface area (Å²) in [6.07, 6.45) is 1.69. The number of ether oxygens (including phenoxy) is 1. The summed E-state index contributed by atoms with van der Waals surface area (Å²) in [6, 6.07) is 7.80. The molecule has 0 amide bonds. The number of halogens is 1. The second-order valence-electron chi connectivity index (χ2n) is 3.94. The molecule has 0 aliphatic heterocycles. The molecule has 2 rings (SSSR count). The maximum atomic E-state index is 11.7. The Hall–Kier alpha value is -1.03. The molecule has 1 aromatic rings. The molecule has 1 fully saturated rings. The summed E-state index contributed by atoms with van der Waals surface area (Å²) in [6.45, 7) is 2.26. The average molecular weight is 284 g/mol. The summed E-state index contributed by atoms with van der Waals surface area (Å²) in [7, 11) is 0. The summed E-state index contributed by atoms with van der Waals surface area (Å²) in [5.74, 6) is -0.144. The van der Waals surface area contributed by atoms with Crippen LogP contribution in [0.15, 0.2) is 28.7 Å². The lowest BCUT2D eigenvalue weighted by atomic mass is 10.2. The lowest BCUT2D eigenvalue weighted by Crippen LogP contribution is -2.33. The van der Waals surface area contributed by atoms with Crippen LogP contribution in [-0.2, 0) is 9.53 Å². The van der Waals surface area contributed by atoms with Crippen LogP contribution >= 0.6 is 15.9 Å². The van der Waals surface area contributed by atoms with Gasteiger partial charge in [0.25, 0.3) is 0 Å². The van der Waals surface area contributed by atoms with Gasteiger partial charge in [-0.05, 0) is 38.0 Å². The normalized spacial score (nSPS) is 16.6. The smallest absolute Gasteiger partial charge is 0.331 e. The largest absolute Gasteiger partial charge is 0.464 e. The Morgan fingerprint density at radius 3 is 2.88 bits per heavy atom. The van der Waals surface area contributed by atoms with E-state index in [2.05, 4.69) is 21.2 Å². The van der Waals surface area contributed by atoms with Crippen LogP contribution in [0.2, 0.25) is 0 Å². The lowest BCUT2D eigenvalue weighted by Gasteiger charge is -2.17. The summed E-state index contributed by atoms with van der Waals surface area (Å²) < 4.78 is 6.06. The van der Waals surface area contributed by atoms with E-state index in [4.69, 9.17) is 4.74 Å². The van der Waals surface area contributed by atoms with Crippen LogP contribution in [0.4, 0.5) is 5.69 Å². The van der Waals surface area contributed by atoms with Crippen molar-refractivity contribution in [3.8, 4) is 0 Å². The summed E-state index contributed by atoms with van der Waals surface area (Å²) in [5, 5.41) is 3.25. The molecular weight excluding hydrogens is 270 g/mol. The van der Waals surface area contributed by atoms with Crippen molar-refractivity contribution in [1.82, 2.24) is 0 Å². The summed E-state index contributed by atoms with van der Waals surface area (Å²) in [5.41, 5.74) is 0.469. The molecule has 0 radical (unpaired) electrons. The minimum atomic E-state index is -0.475. The second kappa shape index (κ2) is 4.45. The third-order valence-corrected chi connectivity index (χ3v) is 3.12. The maximum absolute atomic E-state index is 11.7. The van der Waals surface area contributed by atoms with E-state index in [1.165, 1.54) is 0 Å². The molecule has 0 unspecified atom stereocenters. The predicted octanol–water partition coefficient (Wildman–Crippen LogP) is 2.96. The lowest BCUT2D eigenvalue weighted by molar-refractivity contribution is -0.145. The molecule has 1 saturated carbocycles. The zero-order valence-corrected chi connectivity index (χ0v) is 10.7. The second-order valence-corrected chi connectivity index (χ2v) is 4.85. The van der Waals surface area contributed by atoms with Crippen LogP contribution in [0.25, 0.3) is 0 Å².